The van der Waals surface area contributed by atoms with E-state index in [1.807, 2.05) is 6.92 Å². The number of aliphatic carboxylic acids is 1. The standard InChI is InChI=1S/C14H18N2O5/c1-2-3-11(14(19)20)16-13(18)9-4-6-10(7-5-9)21-8-12(15)17/h4-7,11H,2-3,8H2,1H3,(H2,15,17)(H,16,18)(H,19,20). The third-order valence-corrected chi connectivity index (χ3v) is 2.68. The lowest BCUT2D eigenvalue weighted by Gasteiger charge is -2.13. The number of nitrogens with two attached hydrogens (primary N) is 1. The van der Waals surface area contributed by atoms with Gasteiger partial charge < -0.3 is 20.9 Å². The Balaban J connectivity index is 2.65. The predicted octanol–water partition coefficient (Wildman–Crippen LogP) is 0.534. The summed E-state index contributed by atoms with van der Waals surface area (Å²) in [6, 6.07) is 5.07. The van der Waals surface area contributed by atoms with Crippen LogP contribution in [0, 0.1) is 0 Å². The molecule has 0 aliphatic carbocycles. The normalized spacial score (nSPS) is 11.5. The number of benzene rings is 1. The Morgan fingerprint density at radius 3 is 2.38 bits per heavy atom. The van der Waals surface area contributed by atoms with Gasteiger partial charge in [-0.15, -0.1) is 0 Å². The molecule has 1 atom stereocenters. The lowest BCUT2D eigenvalue weighted by Crippen LogP contribution is -2.40. The fraction of sp³-hybridized carbons (Fsp3) is 0.357. The summed E-state index contributed by atoms with van der Waals surface area (Å²) in [7, 11) is 0. The minimum atomic E-state index is -1.06. The second kappa shape index (κ2) is 7.88. The first-order chi connectivity index (χ1) is 9.93. The highest BCUT2D eigenvalue weighted by atomic mass is 16.5. The SMILES string of the molecule is CCCC(NC(=O)c1ccc(OCC(N)=O)cc1)C(=O)O. The monoisotopic (exact) mass is 294 g/mol. The molecule has 0 fully saturated rings. The van der Waals surface area contributed by atoms with Crippen molar-refractivity contribution in [1.29, 1.82) is 0 Å². The summed E-state index contributed by atoms with van der Waals surface area (Å²) in [5.74, 6) is -1.74. The van der Waals surface area contributed by atoms with Crippen molar-refractivity contribution in [3.63, 3.8) is 0 Å². The number of hydrogen-bond acceptors (Lipinski definition) is 4. The van der Waals surface area contributed by atoms with Crippen LogP contribution in [0.4, 0.5) is 0 Å². The van der Waals surface area contributed by atoms with E-state index in [9.17, 15) is 14.4 Å². The van der Waals surface area contributed by atoms with Gasteiger partial charge in [-0.05, 0) is 30.7 Å². The van der Waals surface area contributed by atoms with Gasteiger partial charge in [0.1, 0.15) is 11.8 Å². The van der Waals surface area contributed by atoms with Crippen LogP contribution in [0.15, 0.2) is 24.3 Å². The Labute approximate surface area is 122 Å². The van der Waals surface area contributed by atoms with Crippen molar-refractivity contribution in [1.82, 2.24) is 5.32 Å². The number of carboxylic acid groups (broad SMARTS) is 1. The molecule has 4 N–H and O–H groups in total. The van der Waals surface area contributed by atoms with Gasteiger partial charge in [-0.2, -0.15) is 0 Å². The molecule has 0 aliphatic heterocycles. The number of amides is 2. The third kappa shape index (κ3) is 5.52. The molecule has 1 rings (SSSR count). The predicted molar refractivity (Wildman–Crippen MR) is 74.9 cm³/mol. The van der Waals surface area contributed by atoms with Gasteiger partial charge in [-0.3, -0.25) is 9.59 Å². The van der Waals surface area contributed by atoms with E-state index >= 15 is 0 Å². The molecule has 21 heavy (non-hydrogen) atoms. The Bertz CT molecular complexity index is 513. The molecule has 0 radical (unpaired) electrons. The van der Waals surface area contributed by atoms with Gasteiger partial charge in [0.15, 0.2) is 6.61 Å². The van der Waals surface area contributed by atoms with E-state index in [4.69, 9.17) is 15.6 Å². The highest BCUT2D eigenvalue weighted by molar-refractivity contribution is 5.96. The molecule has 0 spiro atoms. The highest BCUT2D eigenvalue weighted by Crippen LogP contribution is 2.12. The summed E-state index contributed by atoms with van der Waals surface area (Å²) in [6.45, 7) is 1.59. The Kier molecular flexibility index (Phi) is 6.19. The molecule has 7 heteroatoms. The molecule has 114 valence electrons. The molecule has 0 saturated heterocycles. The van der Waals surface area contributed by atoms with Crippen LogP contribution in [-0.4, -0.2) is 35.5 Å². The average molecular weight is 294 g/mol. The molecule has 0 bridgehead atoms. The molecule has 1 aromatic rings. The van der Waals surface area contributed by atoms with Crippen molar-refractivity contribution < 1.29 is 24.2 Å². The number of hydrogen-bond donors (Lipinski definition) is 3. The highest BCUT2D eigenvalue weighted by Gasteiger charge is 2.19. The van der Waals surface area contributed by atoms with Crippen molar-refractivity contribution in [2.24, 2.45) is 5.73 Å². The number of nitrogens with one attached hydrogen (secondary N) is 1. The third-order valence-electron chi connectivity index (χ3n) is 2.68. The summed E-state index contributed by atoms with van der Waals surface area (Å²) >= 11 is 0. The molecule has 1 unspecified atom stereocenters. The summed E-state index contributed by atoms with van der Waals surface area (Å²) in [5.41, 5.74) is 5.26. The summed E-state index contributed by atoms with van der Waals surface area (Å²) in [4.78, 5) is 33.5. The van der Waals surface area contributed by atoms with Crippen LogP contribution in [0.25, 0.3) is 0 Å². The maximum atomic E-state index is 11.9. The van der Waals surface area contributed by atoms with Crippen LogP contribution in [-0.2, 0) is 9.59 Å². The average Bonchev–Trinajstić information content (AvgIpc) is 2.45. The van der Waals surface area contributed by atoms with Crippen LogP contribution in [0.3, 0.4) is 0 Å². The van der Waals surface area contributed by atoms with E-state index in [1.165, 1.54) is 24.3 Å². The quantitative estimate of drug-likeness (QED) is 0.646. The van der Waals surface area contributed by atoms with Crippen LogP contribution >= 0.6 is 0 Å². The number of primary amides is 1. The zero-order chi connectivity index (χ0) is 15.8. The van der Waals surface area contributed by atoms with E-state index in [0.717, 1.165) is 0 Å². The van der Waals surface area contributed by atoms with E-state index in [0.29, 0.717) is 24.2 Å². The van der Waals surface area contributed by atoms with E-state index in [2.05, 4.69) is 5.32 Å². The van der Waals surface area contributed by atoms with Crippen LogP contribution in [0.2, 0.25) is 0 Å². The smallest absolute Gasteiger partial charge is 0.326 e. The van der Waals surface area contributed by atoms with Gasteiger partial charge >= 0.3 is 5.97 Å². The number of ether oxygens (including phenoxy) is 1. The first-order valence-corrected chi connectivity index (χ1v) is 6.49. The molecule has 0 aromatic heterocycles. The largest absolute Gasteiger partial charge is 0.484 e. The van der Waals surface area contributed by atoms with Crippen LogP contribution < -0.4 is 15.8 Å². The van der Waals surface area contributed by atoms with E-state index in [-0.39, 0.29) is 6.61 Å². The molecule has 2 amide bonds. The summed E-state index contributed by atoms with van der Waals surface area (Å²) in [6.07, 6.45) is 1.01. The van der Waals surface area contributed by atoms with Crippen molar-refractivity contribution in [3.05, 3.63) is 29.8 Å². The lowest BCUT2D eigenvalue weighted by molar-refractivity contribution is -0.139. The topological polar surface area (TPSA) is 119 Å². The van der Waals surface area contributed by atoms with Gasteiger partial charge in [0, 0.05) is 5.56 Å². The maximum absolute atomic E-state index is 11.9. The first kappa shape index (κ1) is 16.5. The van der Waals surface area contributed by atoms with Crippen LogP contribution in [0.5, 0.6) is 5.75 Å². The van der Waals surface area contributed by atoms with E-state index < -0.39 is 23.8 Å². The molecule has 0 saturated carbocycles. The van der Waals surface area contributed by atoms with Gasteiger partial charge in [0.2, 0.25) is 0 Å². The van der Waals surface area contributed by atoms with Crippen molar-refractivity contribution in [2.45, 2.75) is 25.8 Å². The molecule has 0 aliphatic rings. The van der Waals surface area contributed by atoms with Crippen molar-refractivity contribution in [2.75, 3.05) is 6.61 Å². The number of rotatable bonds is 8. The zero-order valence-electron chi connectivity index (χ0n) is 11.7. The van der Waals surface area contributed by atoms with Gasteiger partial charge in [-0.25, -0.2) is 4.79 Å². The van der Waals surface area contributed by atoms with Gasteiger partial charge in [-0.1, -0.05) is 13.3 Å². The summed E-state index contributed by atoms with van der Waals surface area (Å²) < 4.78 is 5.06. The molecule has 0 heterocycles. The fourth-order valence-corrected chi connectivity index (χ4v) is 1.64. The molecule has 1 aromatic carbocycles. The Morgan fingerprint density at radius 2 is 1.90 bits per heavy atom. The first-order valence-electron chi connectivity index (χ1n) is 6.49. The minimum absolute atomic E-state index is 0.247. The van der Waals surface area contributed by atoms with Gasteiger partial charge in [0.05, 0.1) is 0 Å². The maximum Gasteiger partial charge on any atom is 0.326 e. The fourth-order valence-electron chi connectivity index (χ4n) is 1.64. The van der Waals surface area contributed by atoms with E-state index in [1.54, 1.807) is 0 Å². The number of carboxylic acids is 1. The molecular formula is C14H18N2O5. The number of carbonyl (C=O) groups excluding carboxylic acids is 2. The van der Waals surface area contributed by atoms with Crippen LogP contribution in [0.1, 0.15) is 30.1 Å². The molecular weight excluding hydrogens is 276 g/mol. The zero-order valence-corrected chi connectivity index (χ0v) is 11.7. The van der Waals surface area contributed by atoms with Crippen molar-refractivity contribution >= 4 is 17.8 Å². The van der Waals surface area contributed by atoms with Gasteiger partial charge in [0.25, 0.3) is 11.8 Å². The summed E-state index contributed by atoms with van der Waals surface area (Å²) in [5, 5.41) is 11.4. The number of carbonyl (C=O) groups is 3. The second-order valence-electron chi connectivity index (χ2n) is 4.43. The Morgan fingerprint density at radius 1 is 1.29 bits per heavy atom. The Hall–Kier alpha value is -2.57. The lowest BCUT2D eigenvalue weighted by atomic mass is 10.1. The second-order valence-corrected chi connectivity index (χ2v) is 4.43. The molecule has 7 nitrogen and oxygen atoms in total. The minimum Gasteiger partial charge on any atom is -0.484 e. The van der Waals surface area contributed by atoms with Crippen molar-refractivity contribution in [3.8, 4) is 5.75 Å².